The summed E-state index contributed by atoms with van der Waals surface area (Å²) >= 11 is 1.06. The lowest BCUT2D eigenvalue weighted by molar-refractivity contribution is -0.385. The highest BCUT2D eigenvalue weighted by Crippen LogP contribution is 2.32. The average Bonchev–Trinajstić information content (AvgIpc) is 3.10. The average molecular weight is 479 g/mol. The second kappa shape index (κ2) is 9.32. The lowest BCUT2D eigenvalue weighted by atomic mass is 10.3. The number of amides is 2. The smallest absolute Gasteiger partial charge is 0.335 e. The van der Waals surface area contributed by atoms with Crippen LogP contribution in [0.1, 0.15) is 22.8 Å². The molecule has 0 radical (unpaired) electrons. The normalized spacial score (nSPS) is 11.2. The van der Waals surface area contributed by atoms with Crippen molar-refractivity contribution in [3.63, 3.8) is 0 Å². The largest absolute Gasteiger partial charge is 0.360 e. The molecule has 0 saturated heterocycles. The fourth-order valence-corrected chi connectivity index (χ4v) is 4.98. The number of urea groups is 1. The Hall–Kier alpha value is -3.52. The van der Waals surface area contributed by atoms with Gasteiger partial charge in [-0.1, -0.05) is 5.16 Å². The number of benzene rings is 1. The molecule has 0 bridgehead atoms. The first-order valence-electron chi connectivity index (χ1n) is 9.03. The highest BCUT2D eigenvalue weighted by molar-refractivity contribution is 7.99. The SMILES string of the molecule is Cc1cc(CSc2ccc([N+](=O)[O-])cc2S(=O)(=O)NC(=O)Nc2nc(C)cc(C)n2)on1. The van der Waals surface area contributed by atoms with E-state index in [1.54, 1.807) is 32.9 Å². The van der Waals surface area contributed by atoms with Gasteiger partial charge in [0.1, 0.15) is 10.7 Å². The number of carbonyl (C=O) groups is 1. The van der Waals surface area contributed by atoms with Gasteiger partial charge in [0.05, 0.1) is 16.4 Å². The van der Waals surface area contributed by atoms with Crippen molar-refractivity contribution in [2.75, 3.05) is 5.32 Å². The van der Waals surface area contributed by atoms with Crippen LogP contribution >= 0.6 is 11.8 Å². The molecule has 0 aliphatic heterocycles. The summed E-state index contributed by atoms with van der Waals surface area (Å²) in [5.41, 5.74) is 1.37. The predicted octanol–water partition coefficient (Wildman–Crippen LogP) is 3.10. The van der Waals surface area contributed by atoms with Crippen LogP contribution in [0.5, 0.6) is 0 Å². The van der Waals surface area contributed by atoms with E-state index >= 15 is 0 Å². The summed E-state index contributed by atoms with van der Waals surface area (Å²) in [6.45, 7) is 5.12. The number of thioether (sulfide) groups is 1. The van der Waals surface area contributed by atoms with Gasteiger partial charge in [-0.05, 0) is 32.9 Å². The lowest BCUT2D eigenvalue weighted by Crippen LogP contribution is -2.35. The number of sulfonamides is 1. The highest BCUT2D eigenvalue weighted by Gasteiger charge is 2.25. The Morgan fingerprint density at radius 1 is 1.12 bits per heavy atom. The summed E-state index contributed by atoms with van der Waals surface area (Å²) in [5.74, 6) is 0.639. The van der Waals surface area contributed by atoms with Gasteiger partial charge in [-0.15, -0.1) is 11.8 Å². The van der Waals surface area contributed by atoms with Crippen LogP contribution in [0.3, 0.4) is 0 Å². The maximum absolute atomic E-state index is 12.9. The molecule has 0 atom stereocenters. The second-order valence-electron chi connectivity index (χ2n) is 6.65. The molecule has 2 aromatic heterocycles. The van der Waals surface area contributed by atoms with Crippen molar-refractivity contribution >= 4 is 39.5 Å². The number of hydrogen-bond donors (Lipinski definition) is 2. The minimum atomic E-state index is -4.47. The van der Waals surface area contributed by atoms with E-state index in [-0.39, 0.29) is 16.6 Å². The lowest BCUT2D eigenvalue weighted by Gasteiger charge is -2.11. The Kier molecular flexibility index (Phi) is 6.74. The van der Waals surface area contributed by atoms with Gasteiger partial charge in [-0.3, -0.25) is 15.4 Å². The number of rotatable bonds is 7. The van der Waals surface area contributed by atoms with Gasteiger partial charge >= 0.3 is 6.03 Å². The number of non-ortho nitro benzene ring substituents is 1. The summed E-state index contributed by atoms with van der Waals surface area (Å²) in [7, 11) is -4.47. The number of nitrogens with one attached hydrogen (secondary N) is 2. The number of nitro benzene ring substituents is 1. The summed E-state index contributed by atoms with van der Waals surface area (Å²) < 4.78 is 32.7. The van der Waals surface area contributed by atoms with E-state index in [1.165, 1.54) is 12.1 Å². The van der Waals surface area contributed by atoms with Crippen molar-refractivity contribution in [3.05, 3.63) is 63.3 Å². The maximum Gasteiger partial charge on any atom is 0.335 e. The van der Waals surface area contributed by atoms with Crippen molar-refractivity contribution in [3.8, 4) is 0 Å². The minimum absolute atomic E-state index is 0.0791. The standard InChI is InChI=1S/C18H18N6O6S2/c1-10-6-11(2)20-17(19-10)21-18(25)23-32(28,29)16-8-13(24(26)27)4-5-15(16)31-9-14-7-12(3)22-30-14/h4-8H,9H2,1-3H3,(H2,19,20,21,23,25). The van der Waals surface area contributed by atoms with Crippen LogP contribution < -0.4 is 10.0 Å². The molecule has 14 heteroatoms. The Balaban J connectivity index is 1.85. The molecular formula is C18H18N6O6S2. The molecule has 1 aromatic carbocycles. The Bertz CT molecular complexity index is 1270. The van der Waals surface area contributed by atoms with Crippen molar-refractivity contribution < 1.29 is 22.7 Å². The van der Waals surface area contributed by atoms with Gasteiger partial charge in [0, 0.05) is 34.5 Å². The quantitative estimate of drug-likeness (QED) is 0.292. The van der Waals surface area contributed by atoms with Gasteiger partial charge < -0.3 is 4.52 Å². The first kappa shape index (κ1) is 23.1. The maximum atomic E-state index is 12.9. The third-order valence-electron chi connectivity index (χ3n) is 3.91. The van der Waals surface area contributed by atoms with E-state index in [4.69, 9.17) is 4.52 Å². The molecule has 0 saturated carbocycles. The van der Waals surface area contributed by atoms with Crippen LogP contribution in [0.2, 0.25) is 0 Å². The number of anilines is 1. The van der Waals surface area contributed by atoms with E-state index in [9.17, 15) is 23.3 Å². The fraction of sp³-hybridized carbons (Fsp3) is 0.222. The zero-order valence-corrected chi connectivity index (χ0v) is 18.8. The fourth-order valence-electron chi connectivity index (χ4n) is 2.66. The highest BCUT2D eigenvalue weighted by atomic mass is 32.2. The molecule has 0 aliphatic rings. The van der Waals surface area contributed by atoms with E-state index in [1.807, 2.05) is 4.72 Å². The number of hydrogen-bond acceptors (Lipinski definition) is 10. The van der Waals surface area contributed by atoms with Gasteiger partial charge in [0.15, 0.2) is 0 Å². The Labute approximate surface area is 187 Å². The molecule has 2 heterocycles. The molecule has 0 unspecified atom stereocenters. The first-order valence-corrected chi connectivity index (χ1v) is 11.5. The summed E-state index contributed by atoms with van der Waals surface area (Å²) in [4.78, 5) is 30.5. The minimum Gasteiger partial charge on any atom is -0.360 e. The van der Waals surface area contributed by atoms with Crippen molar-refractivity contribution in [1.29, 1.82) is 0 Å². The van der Waals surface area contributed by atoms with E-state index in [0.717, 1.165) is 17.8 Å². The van der Waals surface area contributed by atoms with Crippen molar-refractivity contribution in [2.45, 2.75) is 36.3 Å². The number of aryl methyl sites for hydroxylation is 3. The van der Waals surface area contributed by atoms with Crippen LogP contribution in [0.4, 0.5) is 16.4 Å². The molecule has 0 aliphatic carbocycles. The third-order valence-corrected chi connectivity index (χ3v) is 6.50. The van der Waals surface area contributed by atoms with Crippen LogP contribution in [0.25, 0.3) is 0 Å². The van der Waals surface area contributed by atoms with Gasteiger partial charge in [-0.25, -0.2) is 27.9 Å². The second-order valence-corrected chi connectivity index (χ2v) is 9.31. The molecule has 2 amide bonds. The van der Waals surface area contributed by atoms with E-state index < -0.39 is 31.6 Å². The van der Waals surface area contributed by atoms with Gasteiger partial charge in [-0.2, -0.15) is 0 Å². The number of nitro groups is 1. The molecule has 12 nitrogen and oxygen atoms in total. The Morgan fingerprint density at radius 2 is 1.81 bits per heavy atom. The number of carbonyl (C=O) groups excluding carboxylic acids is 1. The summed E-state index contributed by atoms with van der Waals surface area (Å²) in [5, 5.41) is 17.2. The molecule has 0 spiro atoms. The summed E-state index contributed by atoms with van der Waals surface area (Å²) in [6, 6.07) is 5.62. The molecule has 32 heavy (non-hydrogen) atoms. The van der Waals surface area contributed by atoms with Crippen molar-refractivity contribution in [2.24, 2.45) is 0 Å². The molecule has 2 N–H and O–H groups in total. The van der Waals surface area contributed by atoms with Crippen LogP contribution in [-0.4, -0.2) is 34.5 Å². The van der Waals surface area contributed by atoms with Crippen LogP contribution in [0, 0.1) is 30.9 Å². The number of aromatic nitrogens is 3. The topological polar surface area (TPSA) is 170 Å². The van der Waals surface area contributed by atoms with Crippen LogP contribution in [0.15, 0.2) is 44.6 Å². The third kappa shape index (κ3) is 5.79. The zero-order chi connectivity index (χ0) is 23.5. The Morgan fingerprint density at radius 3 is 2.41 bits per heavy atom. The monoisotopic (exact) mass is 478 g/mol. The molecule has 168 valence electrons. The van der Waals surface area contributed by atoms with Gasteiger partial charge in [0.2, 0.25) is 5.95 Å². The van der Waals surface area contributed by atoms with Crippen molar-refractivity contribution in [1.82, 2.24) is 19.8 Å². The summed E-state index contributed by atoms with van der Waals surface area (Å²) in [6.07, 6.45) is 0. The molecular weight excluding hydrogens is 460 g/mol. The number of nitrogens with zero attached hydrogens (tertiary/aromatic N) is 4. The van der Waals surface area contributed by atoms with E-state index in [2.05, 4.69) is 20.4 Å². The van der Waals surface area contributed by atoms with E-state index in [0.29, 0.717) is 22.8 Å². The van der Waals surface area contributed by atoms with Gasteiger partial charge in [0.25, 0.3) is 15.7 Å². The molecule has 3 aromatic rings. The molecule has 0 fully saturated rings. The first-order chi connectivity index (χ1) is 15.0. The van der Waals surface area contributed by atoms with Crippen LogP contribution in [-0.2, 0) is 15.8 Å². The molecule has 3 rings (SSSR count). The predicted molar refractivity (Wildman–Crippen MR) is 115 cm³/mol. The zero-order valence-electron chi connectivity index (χ0n) is 17.1.